The molecule has 1 rings (SSSR count). The standard InChI is InChI=1S/C10H10F3O/c1-3-14-8-6-4-5-7(2)9(8)10(11,12)13/h4-6H,2-3H2,1H3. The Morgan fingerprint density at radius 2 is 2.00 bits per heavy atom. The molecule has 0 amide bonds. The second-order valence-corrected chi connectivity index (χ2v) is 2.72. The summed E-state index contributed by atoms with van der Waals surface area (Å²) in [7, 11) is 0. The molecule has 77 valence electrons. The number of alkyl halides is 3. The SMILES string of the molecule is [CH2]c1cccc(OCC)c1C(F)(F)F. The van der Waals surface area contributed by atoms with Gasteiger partial charge in [-0.15, -0.1) is 0 Å². The van der Waals surface area contributed by atoms with Gasteiger partial charge in [-0.3, -0.25) is 0 Å². The van der Waals surface area contributed by atoms with Crippen molar-refractivity contribution in [2.75, 3.05) is 6.61 Å². The molecule has 0 atom stereocenters. The van der Waals surface area contributed by atoms with Crippen molar-refractivity contribution in [2.24, 2.45) is 0 Å². The van der Waals surface area contributed by atoms with Gasteiger partial charge in [-0.05, 0) is 25.5 Å². The van der Waals surface area contributed by atoms with E-state index in [0.717, 1.165) is 0 Å². The number of halogens is 3. The van der Waals surface area contributed by atoms with Crippen molar-refractivity contribution < 1.29 is 17.9 Å². The second-order valence-electron chi connectivity index (χ2n) is 2.72. The molecule has 0 fully saturated rings. The van der Waals surface area contributed by atoms with Crippen molar-refractivity contribution in [3.05, 3.63) is 36.2 Å². The van der Waals surface area contributed by atoms with E-state index < -0.39 is 11.7 Å². The Morgan fingerprint density at radius 1 is 1.36 bits per heavy atom. The molecule has 1 nitrogen and oxygen atoms in total. The summed E-state index contributed by atoms with van der Waals surface area (Å²) in [6, 6.07) is 4.09. The Kier molecular flexibility index (Phi) is 3.03. The molecule has 4 heteroatoms. The summed E-state index contributed by atoms with van der Waals surface area (Å²) in [5.74, 6) is -0.160. The van der Waals surface area contributed by atoms with Gasteiger partial charge in [-0.1, -0.05) is 12.1 Å². The van der Waals surface area contributed by atoms with E-state index in [9.17, 15) is 13.2 Å². The average Bonchev–Trinajstić information content (AvgIpc) is 2.02. The van der Waals surface area contributed by atoms with Gasteiger partial charge in [-0.2, -0.15) is 13.2 Å². The fourth-order valence-electron chi connectivity index (χ4n) is 1.17. The molecule has 0 aliphatic carbocycles. The Morgan fingerprint density at radius 3 is 2.50 bits per heavy atom. The highest BCUT2D eigenvalue weighted by atomic mass is 19.4. The number of rotatable bonds is 2. The number of hydrogen-bond acceptors (Lipinski definition) is 1. The van der Waals surface area contributed by atoms with Crippen molar-refractivity contribution in [3.8, 4) is 5.75 Å². The molecule has 0 N–H and O–H groups in total. The minimum absolute atomic E-state index is 0.0662. The van der Waals surface area contributed by atoms with Crippen LogP contribution >= 0.6 is 0 Å². The summed E-state index contributed by atoms with van der Waals surface area (Å²) in [6.45, 7) is 5.17. The summed E-state index contributed by atoms with van der Waals surface area (Å²) in [5.41, 5.74) is -0.856. The first-order valence-corrected chi connectivity index (χ1v) is 4.11. The fraction of sp³-hybridized carbons (Fsp3) is 0.300. The van der Waals surface area contributed by atoms with Crippen LogP contribution in [0.25, 0.3) is 0 Å². The summed E-state index contributed by atoms with van der Waals surface area (Å²) >= 11 is 0. The van der Waals surface area contributed by atoms with Gasteiger partial charge in [0, 0.05) is 0 Å². The highest BCUT2D eigenvalue weighted by Crippen LogP contribution is 2.38. The molecule has 0 spiro atoms. The van der Waals surface area contributed by atoms with Crippen LogP contribution in [0.1, 0.15) is 18.1 Å². The van der Waals surface area contributed by atoms with Gasteiger partial charge >= 0.3 is 6.18 Å². The van der Waals surface area contributed by atoms with Crippen LogP contribution < -0.4 is 4.74 Å². The lowest BCUT2D eigenvalue weighted by molar-refractivity contribution is -0.139. The largest absolute Gasteiger partial charge is 0.493 e. The maximum atomic E-state index is 12.5. The topological polar surface area (TPSA) is 9.23 Å². The molecule has 1 aromatic rings. The molecule has 0 aliphatic heterocycles. The Balaban J connectivity index is 3.22. The van der Waals surface area contributed by atoms with Crippen LogP contribution in [0.2, 0.25) is 0 Å². The van der Waals surface area contributed by atoms with Gasteiger partial charge in [-0.25, -0.2) is 0 Å². The predicted molar refractivity (Wildman–Crippen MR) is 47.1 cm³/mol. The summed E-state index contributed by atoms with van der Waals surface area (Å²) in [4.78, 5) is 0. The zero-order valence-electron chi connectivity index (χ0n) is 7.69. The Hall–Kier alpha value is -1.19. The lowest BCUT2D eigenvalue weighted by atomic mass is 10.1. The van der Waals surface area contributed by atoms with Crippen molar-refractivity contribution in [1.82, 2.24) is 0 Å². The van der Waals surface area contributed by atoms with E-state index in [1.54, 1.807) is 6.92 Å². The molecule has 0 saturated carbocycles. The number of benzene rings is 1. The quantitative estimate of drug-likeness (QED) is 0.716. The minimum Gasteiger partial charge on any atom is -0.493 e. The van der Waals surface area contributed by atoms with Crippen LogP contribution in [0.3, 0.4) is 0 Å². The van der Waals surface area contributed by atoms with Crippen LogP contribution in [-0.4, -0.2) is 6.61 Å². The molecule has 0 unspecified atom stereocenters. The van der Waals surface area contributed by atoms with E-state index in [-0.39, 0.29) is 17.9 Å². The van der Waals surface area contributed by atoms with Gasteiger partial charge in [0.15, 0.2) is 0 Å². The Bertz CT molecular complexity index is 318. The highest BCUT2D eigenvalue weighted by molar-refractivity contribution is 5.43. The van der Waals surface area contributed by atoms with Crippen LogP contribution in [0.15, 0.2) is 18.2 Å². The summed E-state index contributed by atoms with van der Waals surface area (Å²) in [5, 5.41) is 0. The lowest BCUT2D eigenvalue weighted by Gasteiger charge is -2.14. The van der Waals surface area contributed by atoms with Crippen molar-refractivity contribution in [2.45, 2.75) is 13.1 Å². The first-order chi connectivity index (χ1) is 6.46. The van der Waals surface area contributed by atoms with E-state index >= 15 is 0 Å². The lowest BCUT2D eigenvalue weighted by Crippen LogP contribution is -2.10. The normalized spacial score (nSPS) is 11.5. The fourth-order valence-corrected chi connectivity index (χ4v) is 1.17. The molecule has 0 aliphatic rings. The van der Waals surface area contributed by atoms with E-state index in [1.165, 1.54) is 18.2 Å². The first-order valence-electron chi connectivity index (χ1n) is 4.11. The van der Waals surface area contributed by atoms with Crippen molar-refractivity contribution in [1.29, 1.82) is 0 Å². The van der Waals surface area contributed by atoms with Crippen LogP contribution in [0.5, 0.6) is 5.75 Å². The van der Waals surface area contributed by atoms with Crippen molar-refractivity contribution in [3.63, 3.8) is 0 Å². The van der Waals surface area contributed by atoms with Gasteiger partial charge in [0.1, 0.15) is 11.3 Å². The second kappa shape index (κ2) is 3.90. The van der Waals surface area contributed by atoms with E-state index in [1.807, 2.05) is 0 Å². The Labute approximate surface area is 80.5 Å². The number of ether oxygens (including phenoxy) is 1. The van der Waals surface area contributed by atoms with E-state index in [2.05, 4.69) is 6.92 Å². The smallest absolute Gasteiger partial charge is 0.420 e. The van der Waals surface area contributed by atoms with Crippen LogP contribution in [0, 0.1) is 6.92 Å². The molecule has 0 saturated heterocycles. The third kappa shape index (κ3) is 2.19. The van der Waals surface area contributed by atoms with Gasteiger partial charge < -0.3 is 4.74 Å². The molecule has 1 aromatic carbocycles. The molecular formula is C10H10F3O. The zero-order valence-corrected chi connectivity index (χ0v) is 7.69. The maximum Gasteiger partial charge on any atom is 0.420 e. The van der Waals surface area contributed by atoms with Crippen LogP contribution in [0.4, 0.5) is 13.2 Å². The molecule has 0 bridgehead atoms. The van der Waals surface area contributed by atoms with Gasteiger partial charge in [0.2, 0.25) is 0 Å². The van der Waals surface area contributed by atoms with E-state index in [4.69, 9.17) is 4.74 Å². The highest BCUT2D eigenvalue weighted by Gasteiger charge is 2.35. The summed E-state index contributed by atoms with van der Waals surface area (Å²) in [6.07, 6.45) is -4.41. The van der Waals surface area contributed by atoms with E-state index in [0.29, 0.717) is 0 Å². The first kappa shape index (κ1) is 10.9. The summed E-state index contributed by atoms with van der Waals surface area (Å²) < 4.78 is 42.4. The molecule has 14 heavy (non-hydrogen) atoms. The third-order valence-electron chi connectivity index (χ3n) is 1.70. The minimum atomic E-state index is -4.41. The monoisotopic (exact) mass is 203 g/mol. The van der Waals surface area contributed by atoms with Gasteiger partial charge in [0.05, 0.1) is 6.61 Å². The zero-order chi connectivity index (χ0) is 10.8. The average molecular weight is 203 g/mol. The third-order valence-corrected chi connectivity index (χ3v) is 1.70. The molecule has 0 heterocycles. The molecular weight excluding hydrogens is 193 g/mol. The predicted octanol–water partition coefficient (Wildman–Crippen LogP) is 3.29. The number of hydrogen-bond donors (Lipinski definition) is 0. The molecule has 0 aromatic heterocycles. The molecule has 1 radical (unpaired) electrons. The maximum absolute atomic E-state index is 12.5. The van der Waals surface area contributed by atoms with Gasteiger partial charge in [0.25, 0.3) is 0 Å². The van der Waals surface area contributed by atoms with Crippen molar-refractivity contribution >= 4 is 0 Å². The van der Waals surface area contributed by atoms with Crippen LogP contribution in [-0.2, 0) is 6.18 Å².